The molecule has 0 aromatic heterocycles. The molecule has 1 saturated heterocycles. The SMILES string of the molecule is O=P(O)(O)CCN1CC[N]CC1. The summed E-state index contributed by atoms with van der Waals surface area (Å²) < 4.78 is 10.5. The van der Waals surface area contributed by atoms with Crippen LogP contribution in [0.5, 0.6) is 0 Å². The van der Waals surface area contributed by atoms with Crippen LogP contribution < -0.4 is 5.32 Å². The van der Waals surface area contributed by atoms with Gasteiger partial charge < -0.3 is 14.7 Å². The van der Waals surface area contributed by atoms with Gasteiger partial charge in [-0.1, -0.05) is 0 Å². The van der Waals surface area contributed by atoms with Gasteiger partial charge in [0.25, 0.3) is 0 Å². The maximum Gasteiger partial charge on any atom is 0.326 e. The monoisotopic (exact) mass is 193 g/mol. The number of hydrogen-bond acceptors (Lipinski definition) is 2. The quantitative estimate of drug-likeness (QED) is 0.569. The molecule has 0 bridgehead atoms. The van der Waals surface area contributed by atoms with Crippen molar-refractivity contribution in [3.8, 4) is 0 Å². The summed E-state index contributed by atoms with van der Waals surface area (Å²) in [4.78, 5) is 19.3. The molecule has 6 heteroatoms. The molecule has 0 saturated carbocycles. The van der Waals surface area contributed by atoms with Crippen molar-refractivity contribution in [2.45, 2.75) is 0 Å². The van der Waals surface area contributed by atoms with Gasteiger partial charge in [-0.2, -0.15) is 0 Å². The van der Waals surface area contributed by atoms with Crippen LogP contribution in [0.4, 0.5) is 0 Å². The number of piperazine rings is 1. The Morgan fingerprint density at radius 1 is 1.33 bits per heavy atom. The van der Waals surface area contributed by atoms with E-state index in [9.17, 15) is 4.57 Å². The minimum Gasteiger partial charge on any atom is -0.324 e. The summed E-state index contributed by atoms with van der Waals surface area (Å²) >= 11 is 0. The molecule has 71 valence electrons. The van der Waals surface area contributed by atoms with Crippen LogP contribution in [0.3, 0.4) is 0 Å². The summed E-state index contributed by atoms with van der Waals surface area (Å²) in [5, 5.41) is 4.14. The van der Waals surface area contributed by atoms with Gasteiger partial charge in [-0.3, -0.25) is 4.57 Å². The lowest BCUT2D eigenvalue weighted by Gasteiger charge is -2.26. The zero-order valence-corrected chi connectivity index (χ0v) is 7.78. The summed E-state index contributed by atoms with van der Waals surface area (Å²) in [5.41, 5.74) is 0. The van der Waals surface area contributed by atoms with E-state index in [1.54, 1.807) is 0 Å². The highest BCUT2D eigenvalue weighted by molar-refractivity contribution is 7.51. The summed E-state index contributed by atoms with van der Waals surface area (Å²) in [7, 11) is -3.80. The number of hydrogen-bond donors (Lipinski definition) is 2. The molecule has 0 aliphatic carbocycles. The minimum absolute atomic E-state index is 0.0347. The van der Waals surface area contributed by atoms with Gasteiger partial charge in [0.05, 0.1) is 6.16 Å². The van der Waals surface area contributed by atoms with Gasteiger partial charge in [0.15, 0.2) is 0 Å². The van der Waals surface area contributed by atoms with Crippen molar-refractivity contribution >= 4 is 7.60 Å². The fourth-order valence-electron chi connectivity index (χ4n) is 1.14. The molecule has 5 nitrogen and oxygen atoms in total. The highest BCUT2D eigenvalue weighted by Crippen LogP contribution is 2.33. The van der Waals surface area contributed by atoms with E-state index in [2.05, 4.69) is 5.32 Å². The molecular weight excluding hydrogens is 179 g/mol. The molecule has 1 fully saturated rings. The van der Waals surface area contributed by atoms with Crippen LogP contribution in [0.2, 0.25) is 0 Å². The van der Waals surface area contributed by atoms with E-state index in [-0.39, 0.29) is 6.16 Å². The maximum atomic E-state index is 10.5. The number of rotatable bonds is 3. The van der Waals surface area contributed by atoms with Gasteiger partial charge >= 0.3 is 7.60 Å². The van der Waals surface area contributed by atoms with E-state index in [1.807, 2.05) is 4.90 Å². The zero-order valence-electron chi connectivity index (χ0n) is 6.89. The predicted molar refractivity (Wildman–Crippen MR) is 45.2 cm³/mol. The van der Waals surface area contributed by atoms with Gasteiger partial charge in [0, 0.05) is 32.7 Å². The fraction of sp³-hybridized carbons (Fsp3) is 1.00. The van der Waals surface area contributed by atoms with Crippen LogP contribution in [0.25, 0.3) is 0 Å². The first-order valence-electron chi connectivity index (χ1n) is 3.98. The molecule has 0 amide bonds. The standard InChI is InChI=1S/C6H14N2O3P/c9-12(10,11)6-5-8-3-1-7-2-4-8/h1-6H2,(H2,9,10,11). The Morgan fingerprint density at radius 3 is 2.42 bits per heavy atom. The first-order valence-corrected chi connectivity index (χ1v) is 5.78. The molecular formula is C6H14N2O3P. The molecule has 0 atom stereocenters. The second-order valence-corrected chi connectivity index (χ2v) is 4.68. The third kappa shape index (κ3) is 4.18. The summed E-state index contributed by atoms with van der Waals surface area (Å²) in [6, 6.07) is 0. The van der Waals surface area contributed by atoms with Crippen LogP contribution in [0.1, 0.15) is 0 Å². The smallest absolute Gasteiger partial charge is 0.324 e. The molecule has 2 N–H and O–H groups in total. The van der Waals surface area contributed by atoms with Gasteiger partial charge in [0.1, 0.15) is 0 Å². The molecule has 0 aromatic carbocycles. The lowest BCUT2D eigenvalue weighted by molar-refractivity contribution is 0.245. The van der Waals surface area contributed by atoms with Crippen molar-refractivity contribution in [1.82, 2.24) is 10.2 Å². The van der Waals surface area contributed by atoms with Crippen LogP contribution in [0.15, 0.2) is 0 Å². The normalized spacial score (nSPS) is 21.2. The Bertz CT molecular complexity index is 176. The second-order valence-electron chi connectivity index (χ2n) is 2.90. The average Bonchev–Trinajstić information content (AvgIpc) is 2.02. The van der Waals surface area contributed by atoms with Gasteiger partial charge in [0.2, 0.25) is 0 Å². The minimum atomic E-state index is -3.80. The van der Waals surface area contributed by atoms with Crippen LogP contribution >= 0.6 is 7.60 Å². The first-order chi connectivity index (χ1) is 5.58. The highest BCUT2D eigenvalue weighted by atomic mass is 31.2. The van der Waals surface area contributed by atoms with E-state index in [0.717, 1.165) is 26.2 Å². The lowest BCUT2D eigenvalue weighted by Crippen LogP contribution is -2.41. The second kappa shape index (κ2) is 4.35. The van der Waals surface area contributed by atoms with Gasteiger partial charge in [-0.05, 0) is 0 Å². The molecule has 1 aliphatic heterocycles. The van der Waals surface area contributed by atoms with E-state index in [1.165, 1.54) is 0 Å². The molecule has 0 spiro atoms. The molecule has 1 heterocycles. The van der Waals surface area contributed by atoms with Crippen molar-refractivity contribution < 1.29 is 14.4 Å². The Balaban J connectivity index is 2.17. The third-order valence-corrected chi connectivity index (χ3v) is 2.64. The lowest BCUT2D eigenvalue weighted by atomic mass is 10.4. The van der Waals surface area contributed by atoms with E-state index in [4.69, 9.17) is 9.79 Å². The zero-order chi connectivity index (χ0) is 9.03. The molecule has 1 aliphatic rings. The number of nitrogens with zero attached hydrogens (tertiary/aromatic N) is 2. The third-order valence-electron chi connectivity index (χ3n) is 1.86. The van der Waals surface area contributed by atoms with Crippen LogP contribution in [-0.4, -0.2) is 53.6 Å². The Labute approximate surface area is 71.9 Å². The van der Waals surface area contributed by atoms with E-state index in [0.29, 0.717) is 6.54 Å². The first kappa shape index (κ1) is 10.2. The largest absolute Gasteiger partial charge is 0.326 e. The highest BCUT2D eigenvalue weighted by Gasteiger charge is 2.16. The van der Waals surface area contributed by atoms with Crippen molar-refractivity contribution in [1.29, 1.82) is 0 Å². The topological polar surface area (TPSA) is 74.9 Å². The Hall–Kier alpha value is 0.0700. The van der Waals surface area contributed by atoms with E-state index < -0.39 is 7.60 Å². The molecule has 0 unspecified atom stereocenters. The Morgan fingerprint density at radius 2 is 1.92 bits per heavy atom. The average molecular weight is 193 g/mol. The van der Waals surface area contributed by atoms with Crippen molar-refractivity contribution in [3.05, 3.63) is 0 Å². The summed E-state index contributed by atoms with van der Waals surface area (Å²) in [6.45, 7) is 3.74. The van der Waals surface area contributed by atoms with E-state index >= 15 is 0 Å². The summed E-state index contributed by atoms with van der Waals surface area (Å²) in [6.07, 6.45) is -0.0347. The van der Waals surface area contributed by atoms with Crippen molar-refractivity contribution in [3.63, 3.8) is 0 Å². The van der Waals surface area contributed by atoms with Gasteiger partial charge in [-0.15, -0.1) is 0 Å². The molecule has 1 rings (SSSR count). The summed E-state index contributed by atoms with van der Waals surface area (Å²) in [5.74, 6) is 0. The fourth-order valence-corrected chi connectivity index (χ4v) is 1.69. The van der Waals surface area contributed by atoms with Gasteiger partial charge in [-0.25, -0.2) is 5.32 Å². The Kier molecular flexibility index (Phi) is 3.68. The molecule has 0 aromatic rings. The van der Waals surface area contributed by atoms with Crippen LogP contribution in [0, 0.1) is 0 Å². The maximum absolute atomic E-state index is 10.5. The molecule has 1 radical (unpaired) electrons. The van der Waals surface area contributed by atoms with Crippen molar-refractivity contribution in [2.24, 2.45) is 0 Å². The predicted octanol–water partition coefficient (Wildman–Crippen LogP) is -0.916. The molecule has 12 heavy (non-hydrogen) atoms. The van der Waals surface area contributed by atoms with Crippen LogP contribution in [-0.2, 0) is 4.57 Å². The van der Waals surface area contributed by atoms with Crippen molar-refractivity contribution in [2.75, 3.05) is 38.9 Å².